The highest BCUT2D eigenvalue weighted by atomic mass is 16.1. The normalized spacial score (nSPS) is 19.1. The van der Waals surface area contributed by atoms with Crippen LogP contribution < -0.4 is 16.4 Å². The first-order valence-corrected chi connectivity index (χ1v) is 6.37. The molecule has 0 bridgehead atoms. The van der Waals surface area contributed by atoms with Crippen LogP contribution in [0.25, 0.3) is 0 Å². The van der Waals surface area contributed by atoms with Gasteiger partial charge >= 0.3 is 0 Å². The molecule has 0 spiro atoms. The lowest BCUT2D eigenvalue weighted by Crippen LogP contribution is -2.18. The van der Waals surface area contributed by atoms with Crippen LogP contribution in [0.3, 0.4) is 0 Å². The third kappa shape index (κ3) is 2.64. The maximum Gasteiger partial charge on any atom is 0.254 e. The van der Waals surface area contributed by atoms with Crippen LogP contribution in [-0.2, 0) is 7.05 Å². The summed E-state index contributed by atoms with van der Waals surface area (Å²) in [6.07, 6.45) is 2.32. The quantitative estimate of drug-likeness (QED) is 0.700. The van der Waals surface area contributed by atoms with Gasteiger partial charge < -0.3 is 16.4 Å². The SMILES string of the molecule is Cc1nn(C)c(NCCC2CCNC2)c1C(N)=O. The summed E-state index contributed by atoms with van der Waals surface area (Å²) >= 11 is 0. The van der Waals surface area contributed by atoms with Crippen molar-refractivity contribution >= 4 is 11.7 Å². The molecule has 1 fully saturated rings. The Hall–Kier alpha value is -1.56. The van der Waals surface area contributed by atoms with Gasteiger partial charge in [0.2, 0.25) is 0 Å². The molecule has 6 nitrogen and oxygen atoms in total. The highest BCUT2D eigenvalue weighted by Crippen LogP contribution is 2.19. The van der Waals surface area contributed by atoms with Crippen LogP contribution in [-0.4, -0.2) is 35.3 Å². The number of amides is 1. The van der Waals surface area contributed by atoms with Crippen LogP contribution in [0, 0.1) is 12.8 Å². The van der Waals surface area contributed by atoms with Crippen molar-refractivity contribution in [3.8, 4) is 0 Å². The Labute approximate surface area is 107 Å². The Morgan fingerprint density at radius 1 is 1.67 bits per heavy atom. The monoisotopic (exact) mass is 251 g/mol. The van der Waals surface area contributed by atoms with Crippen molar-refractivity contribution in [2.75, 3.05) is 25.0 Å². The first kappa shape index (κ1) is 12.9. The number of nitrogens with zero attached hydrogens (tertiary/aromatic N) is 2. The van der Waals surface area contributed by atoms with E-state index < -0.39 is 5.91 Å². The summed E-state index contributed by atoms with van der Waals surface area (Å²) in [6, 6.07) is 0. The smallest absolute Gasteiger partial charge is 0.254 e. The van der Waals surface area contributed by atoms with E-state index in [1.165, 1.54) is 6.42 Å². The molecule has 6 heteroatoms. The zero-order valence-electron chi connectivity index (χ0n) is 11.0. The Kier molecular flexibility index (Phi) is 3.86. The van der Waals surface area contributed by atoms with Crippen molar-refractivity contribution in [2.24, 2.45) is 18.7 Å². The summed E-state index contributed by atoms with van der Waals surface area (Å²) in [5, 5.41) is 10.9. The number of aryl methyl sites for hydroxylation is 2. The second-order valence-corrected chi connectivity index (χ2v) is 4.87. The first-order chi connectivity index (χ1) is 8.59. The van der Waals surface area contributed by atoms with E-state index in [9.17, 15) is 4.79 Å². The molecule has 1 atom stereocenters. The molecular formula is C12H21N5O. The topological polar surface area (TPSA) is 85.0 Å². The maximum atomic E-state index is 11.4. The highest BCUT2D eigenvalue weighted by molar-refractivity contribution is 5.98. The van der Waals surface area contributed by atoms with E-state index in [0.717, 1.165) is 37.8 Å². The van der Waals surface area contributed by atoms with E-state index in [0.29, 0.717) is 11.3 Å². The molecule has 1 aromatic heterocycles. The largest absolute Gasteiger partial charge is 0.370 e. The molecule has 2 rings (SSSR count). The lowest BCUT2D eigenvalue weighted by atomic mass is 10.1. The average molecular weight is 251 g/mol. The number of hydrogen-bond donors (Lipinski definition) is 3. The van der Waals surface area contributed by atoms with E-state index in [2.05, 4.69) is 15.7 Å². The number of nitrogens with two attached hydrogens (primary N) is 1. The fourth-order valence-corrected chi connectivity index (χ4v) is 2.51. The Bertz CT molecular complexity index is 434. The highest BCUT2D eigenvalue weighted by Gasteiger charge is 2.18. The van der Waals surface area contributed by atoms with Gasteiger partial charge in [0.15, 0.2) is 0 Å². The first-order valence-electron chi connectivity index (χ1n) is 6.37. The van der Waals surface area contributed by atoms with Gasteiger partial charge in [0.05, 0.1) is 5.69 Å². The molecule has 0 aromatic carbocycles. The van der Waals surface area contributed by atoms with E-state index in [1.807, 2.05) is 7.05 Å². The molecule has 4 N–H and O–H groups in total. The lowest BCUT2D eigenvalue weighted by Gasteiger charge is -2.11. The van der Waals surface area contributed by atoms with Gasteiger partial charge in [0.25, 0.3) is 5.91 Å². The number of rotatable bonds is 5. The van der Waals surface area contributed by atoms with Gasteiger partial charge in [-0.15, -0.1) is 0 Å². The number of anilines is 1. The van der Waals surface area contributed by atoms with Crippen LogP contribution in [0.1, 0.15) is 28.9 Å². The van der Waals surface area contributed by atoms with Crippen LogP contribution in [0.2, 0.25) is 0 Å². The standard InChI is InChI=1S/C12H21N5O/c1-8-10(11(13)18)12(17(2)16-8)15-6-4-9-3-5-14-7-9/h9,14-15H,3-7H2,1-2H3,(H2,13,18). The maximum absolute atomic E-state index is 11.4. The molecule has 0 aliphatic carbocycles. The number of aromatic nitrogens is 2. The van der Waals surface area contributed by atoms with Gasteiger partial charge in [-0.2, -0.15) is 5.10 Å². The minimum Gasteiger partial charge on any atom is -0.370 e. The Morgan fingerprint density at radius 2 is 2.44 bits per heavy atom. The predicted octanol–water partition coefficient (Wildman–Crippen LogP) is 0.239. The van der Waals surface area contributed by atoms with E-state index in [4.69, 9.17) is 5.73 Å². The van der Waals surface area contributed by atoms with Gasteiger partial charge in [-0.1, -0.05) is 0 Å². The van der Waals surface area contributed by atoms with Gasteiger partial charge in [-0.3, -0.25) is 9.48 Å². The zero-order chi connectivity index (χ0) is 13.1. The van der Waals surface area contributed by atoms with Crippen molar-refractivity contribution in [1.82, 2.24) is 15.1 Å². The Balaban J connectivity index is 1.97. The molecule has 1 aliphatic heterocycles. The fraction of sp³-hybridized carbons (Fsp3) is 0.667. The number of carbonyl (C=O) groups is 1. The minimum absolute atomic E-state index is 0.425. The van der Waals surface area contributed by atoms with Crippen LogP contribution in [0.15, 0.2) is 0 Å². The van der Waals surface area contributed by atoms with Crippen molar-refractivity contribution in [2.45, 2.75) is 19.8 Å². The van der Waals surface area contributed by atoms with Gasteiger partial charge in [0.1, 0.15) is 11.4 Å². The van der Waals surface area contributed by atoms with Crippen LogP contribution >= 0.6 is 0 Å². The molecule has 100 valence electrons. The van der Waals surface area contributed by atoms with E-state index >= 15 is 0 Å². The molecule has 1 aromatic rings. The third-order valence-corrected chi connectivity index (χ3v) is 3.48. The summed E-state index contributed by atoms with van der Waals surface area (Å²) in [5.74, 6) is 1.03. The summed E-state index contributed by atoms with van der Waals surface area (Å²) in [7, 11) is 1.82. The molecule has 1 aliphatic rings. The van der Waals surface area contributed by atoms with Crippen molar-refractivity contribution in [3.05, 3.63) is 11.3 Å². The van der Waals surface area contributed by atoms with Gasteiger partial charge in [-0.05, 0) is 38.8 Å². The summed E-state index contributed by atoms with van der Waals surface area (Å²) in [6.45, 7) is 4.84. The second-order valence-electron chi connectivity index (χ2n) is 4.87. The average Bonchev–Trinajstić information content (AvgIpc) is 2.87. The number of primary amides is 1. The van der Waals surface area contributed by atoms with Crippen molar-refractivity contribution in [3.63, 3.8) is 0 Å². The summed E-state index contributed by atoms with van der Waals surface area (Å²) in [4.78, 5) is 11.4. The minimum atomic E-state index is -0.425. The molecule has 1 amide bonds. The molecule has 2 heterocycles. The van der Waals surface area contributed by atoms with Gasteiger partial charge in [-0.25, -0.2) is 0 Å². The molecule has 0 radical (unpaired) electrons. The summed E-state index contributed by atoms with van der Waals surface area (Å²) < 4.78 is 1.68. The van der Waals surface area contributed by atoms with Crippen LogP contribution in [0.5, 0.6) is 0 Å². The van der Waals surface area contributed by atoms with Gasteiger partial charge in [0, 0.05) is 13.6 Å². The number of nitrogens with one attached hydrogen (secondary N) is 2. The zero-order valence-corrected chi connectivity index (χ0v) is 11.0. The van der Waals surface area contributed by atoms with Crippen molar-refractivity contribution < 1.29 is 4.79 Å². The predicted molar refractivity (Wildman–Crippen MR) is 70.5 cm³/mol. The summed E-state index contributed by atoms with van der Waals surface area (Å²) in [5.41, 5.74) is 6.56. The molecule has 18 heavy (non-hydrogen) atoms. The second kappa shape index (κ2) is 5.39. The molecular weight excluding hydrogens is 230 g/mol. The van der Waals surface area contributed by atoms with Crippen LogP contribution in [0.4, 0.5) is 5.82 Å². The molecule has 0 saturated carbocycles. The number of hydrogen-bond acceptors (Lipinski definition) is 4. The molecule has 1 unspecified atom stereocenters. The fourth-order valence-electron chi connectivity index (χ4n) is 2.51. The molecule has 1 saturated heterocycles. The van der Waals surface area contributed by atoms with E-state index in [-0.39, 0.29) is 0 Å². The van der Waals surface area contributed by atoms with Crippen molar-refractivity contribution in [1.29, 1.82) is 0 Å². The lowest BCUT2D eigenvalue weighted by molar-refractivity contribution is 0.100. The third-order valence-electron chi connectivity index (χ3n) is 3.48. The van der Waals surface area contributed by atoms with E-state index in [1.54, 1.807) is 11.6 Å². The Morgan fingerprint density at radius 3 is 3.06 bits per heavy atom. The number of carbonyl (C=O) groups excluding carboxylic acids is 1.